The summed E-state index contributed by atoms with van der Waals surface area (Å²) in [5, 5.41) is 0.592. The number of pyridine rings is 2. The molecule has 136 valence electrons. The highest BCUT2D eigenvalue weighted by atomic mass is 32.3. The third-order valence-corrected chi connectivity index (χ3v) is 4.51. The normalized spacial score (nSPS) is 11.6. The summed E-state index contributed by atoms with van der Waals surface area (Å²) in [7, 11) is -4.67. The van der Waals surface area contributed by atoms with Crippen molar-refractivity contribution in [3.63, 3.8) is 0 Å². The first-order valence-corrected chi connectivity index (χ1v) is 8.98. The van der Waals surface area contributed by atoms with E-state index in [1.54, 1.807) is 24.3 Å². The van der Waals surface area contributed by atoms with Crippen LogP contribution in [0.1, 0.15) is 0 Å². The van der Waals surface area contributed by atoms with E-state index < -0.39 is 22.0 Å². The van der Waals surface area contributed by atoms with Gasteiger partial charge in [-0.3, -0.25) is 0 Å². The Morgan fingerprint density at radius 2 is 1.04 bits per heavy atom. The van der Waals surface area contributed by atoms with Gasteiger partial charge in [-0.05, 0) is 12.1 Å². The van der Waals surface area contributed by atoms with Gasteiger partial charge in [0, 0.05) is 21.5 Å². The first kappa shape index (κ1) is 17.1. The Hall–Kier alpha value is -3.33. The molecule has 0 spiro atoms. The first-order chi connectivity index (χ1) is 12.9. The van der Waals surface area contributed by atoms with Crippen molar-refractivity contribution in [2.45, 2.75) is 0 Å². The Morgan fingerprint density at radius 3 is 1.44 bits per heavy atom. The Kier molecular flexibility index (Phi) is 4.08. The largest absolute Gasteiger partial charge is 0.504 e. The van der Waals surface area contributed by atoms with Gasteiger partial charge in [0.05, 0.1) is 12.4 Å². The van der Waals surface area contributed by atoms with Crippen LogP contribution >= 0.6 is 0 Å². The lowest BCUT2D eigenvalue weighted by atomic mass is 10.2. The monoisotopic (exact) mass is 388 g/mol. The van der Waals surface area contributed by atoms with Gasteiger partial charge in [-0.15, -0.1) is 8.42 Å². The molecule has 0 saturated heterocycles. The van der Waals surface area contributed by atoms with Crippen molar-refractivity contribution in [3.05, 3.63) is 72.6 Å². The minimum atomic E-state index is -4.67. The van der Waals surface area contributed by atoms with Crippen LogP contribution in [0.3, 0.4) is 0 Å². The molecule has 0 bridgehead atoms. The smallest absolute Gasteiger partial charge is 0.331 e. The summed E-state index contributed by atoms with van der Waals surface area (Å²) < 4.78 is 62.0. The van der Waals surface area contributed by atoms with Gasteiger partial charge in [0.25, 0.3) is 0 Å². The van der Waals surface area contributed by atoms with E-state index in [2.05, 4.69) is 9.97 Å². The maximum atomic E-state index is 13.8. The summed E-state index contributed by atoms with van der Waals surface area (Å²) in [6, 6.07) is 12.2. The number of halogens is 2. The minimum Gasteiger partial charge on any atom is -0.331 e. The molecule has 2 aromatic carbocycles. The molecule has 0 radical (unpaired) electrons. The van der Waals surface area contributed by atoms with Crippen molar-refractivity contribution in [2.75, 3.05) is 0 Å². The van der Waals surface area contributed by atoms with Gasteiger partial charge >= 0.3 is 10.4 Å². The lowest BCUT2D eigenvalue weighted by Gasteiger charge is -2.10. The van der Waals surface area contributed by atoms with Crippen LogP contribution in [0.2, 0.25) is 0 Å². The van der Waals surface area contributed by atoms with Crippen LogP contribution in [-0.2, 0) is 10.4 Å². The van der Waals surface area contributed by atoms with Crippen molar-refractivity contribution in [2.24, 2.45) is 0 Å². The molecule has 0 amide bonds. The third kappa shape index (κ3) is 3.24. The summed E-state index contributed by atoms with van der Waals surface area (Å²) in [5.41, 5.74) is 0. The van der Waals surface area contributed by atoms with Crippen LogP contribution in [-0.4, -0.2) is 18.4 Å². The number of benzene rings is 2. The zero-order valence-electron chi connectivity index (χ0n) is 13.5. The van der Waals surface area contributed by atoms with Gasteiger partial charge in [0.15, 0.2) is 0 Å². The second-order valence-corrected chi connectivity index (χ2v) is 6.64. The second kappa shape index (κ2) is 6.44. The Balaban J connectivity index is 1.72. The Labute approximate surface area is 152 Å². The molecule has 0 atom stereocenters. The van der Waals surface area contributed by atoms with E-state index in [1.165, 1.54) is 24.3 Å². The second-order valence-electron chi connectivity index (χ2n) is 5.49. The van der Waals surface area contributed by atoms with Gasteiger partial charge in [-0.2, -0.15) is 0 Å². The SMILES string of the molecule is O=S(=O)(Oc1ncc(F)c2ccccc12)Oc1ncc(F)c2ccccc12. The average Bonchev–Trinajstić information content (AvgIpc) is 2.67. The van der Waals surface area contributed by atoms with Crippen molar-refractivity contribution >= 4 is 31.9 Å². The van der Waals surface area contributed by atoms with Crippen LogP contribution < -0.4 is 8.37 Å². The molecule has 4 aromatic rings. The zero-order chi connectivity index (χ0) is 19.0. The molecule has 9 heteroatoms. The van der Waals surface area contributed by atoms with E-state index in [0.717, 1.165) is 12.4 Å². The minimum absolute atomic E-state index is 0.142. The molecule has 27 heavy (non-hydrogen) atoms. The maximum Gasteiger partial charge on any atom is 0.504 e. The number of aromatic nitrogens is 2. The van der Waals surface area contributed by atoms with E-state index in [1.807, 2.05) is 0 Å². The molecule has 0 aliphatic carbocycles. The number of nitrogens with zero attached hydrogens (tertiary/aromatic N) is 2. The van der Waals surface area contributed by atoms with Crippen LogP contribution in [0.4, 0.5) is 8.78 Å². The standard InChI is InChI=1S/C18H10F2N2O4S/c19-15-9-21-17(13-7-3-1-5-11(13)15)25-27(23,24)26-18-14-8-4-2-6-12(14)16(20)10-22-18/h1-10H. The van der Waals surface area contributed by atoms with Gasteiger partial charge in [-0.1, -0.05) is 36.4 Å². The zero-order valence-corrected chi connectivity index (χ0v) is 14.3. The fourth-order valence-electron chi connectivity index (χ4n) is 2.61. The van der Waals surface area contributed by atoms with Crippen molar-refractivity contribution in [3.8, 4) is 11.8 Å². The van der Waals surface area contributed by atoms with Gasteiger partial charge in [-0.25, -0.2) is 18.7 Å². The van der Waals surface area contributed by atoms with Crippen LogP contribution in [0.5, 0.6) is 11.8 Å². The highest BCUT2D eigenvalue weighted by Crippen LogP contribution is 2.29. The van der Waals surface area contributed by atoms with E-state index >= 15 is 0 Å². The number of hydrogen-bond donors (Lipinski definition) is 0. The lowest BCUT2D eigenvalue weighted by molar-refractivity contribution is 0.384. The summed E-state index contributed by atoms with van der Waals surface area (Å²) >= 11 is 0. The summed E-state index contributed by atoms with van der Waals surface area (Å²) in [5.74, 6) is -1.94. The number of fused-ring (bicyclic) bond motifs is 2. The lowest BCUT2D eigenvalue weighted by Crippen LogP contribution is -2.18. The van der Waals surface area contributed by atoms with Gasteiger partial charge in [0.1, 0.15) is 11.6 Å². The molecule has 2 heterocycles. The summed E-state index contributed by atoms with van der Waals surface area (Å²) in [4.78, 5) is 7.35. The van der Waals surface area contributed by atoms with Crippen LogP contribution in [0.25, 0.3) is 21.5 Å². The predicted octanol–water partition coefficient (Wildman–Crippen LogP) is 3.76. The summed E-state index contributed by atoms with van der Waals surface area (Å²) in [6.45, 7) is 0. The Morgan fingerprint density at radius 1 is 0.667 bits per heavy atom. The fraction of sp³-hybridized carbons (Fsp3) is 0. The van der Waals surface area contributed by atoms with E-state index in [4.69, 9.17) is 8.37 Å². The molecule has 0 N–H and O–H groups in total. The summed E-state index contributed by atoms with van der Waals surface area (Å²) in [6.07, 6.45) is 1.69. The third-order valence-electron chi connectivity index (χ3n) is 3.78. The van der Waals surface area contributed by atoms with E-state index in [-0.39, 0.29) is 33.3 Å². The van der Waals surface area contributed by atoms with Crippen molar-refractivity contribution < 1.29 is 25.6 Å². The molecular weight excluding hydrogens is 378 g/mol. The molecule has 4 rings (SSSR count). The average molecular weight is 388 g/mol. The van der Waals surface area contributed by atoms with Crippen LogP contribution in [0.15, 0.2) is 60.9 Å². The van der Waals surface area contributed by atoms with Gasteiger partial charge < -0.3 is 8.37 Å². The van der Waals surface area contributed by atoms with E-state index in [0.29, 0.717) is 0 Å². The molecule has 6 nitrogen and oxygen atoms in total. The van der Waals surface area contributed by atoms with E-state index in [9.17, 15) is 17.2 Å². The topological polar surface area (TPSA) is 78.4 Å². The molecule has 0 fully saturated rings. The molecule has 0 aliphatic heterocycles. The first-order valence-electron chi connectivity index (χ1n) is 7.65. The quantitative estimate of drug-likeness (QED) is 0.530. The highest BCUT2D eigenvalue weighted by Gasteiger charge is 2.22. The Bertz CT molecular complexity index is 1190. The molecule has 0 saturated carbocycles. The molecule has 2 aromatic heterocycles. The molecule has 0 unspecified atom stereocenters. The highest BCUT2D eigenvalue weighted by molar-refractivity contribution is 7.82. The molecule has 0 aliphatic rings. The van der Waals surface area contributed by atoms with Crippen molar-refractivity contribution in [1.29, 1.82) is 0 Å². The van der Waals surface area contributed by atoms with Crippen LogP contribution in [0, 0.1) is 11.6 Å². The molecular formula is C18H10F2N2O4S. The predicted molar refractivity (Wildman–Crippen MR) is 93.6 cm³/mol. The number of hydrogen-bond acceptors (Lipinski definition) is 6. The number of rotatable bonds is 4. The fourth-order valence-corrected chi connectivity index (χ4v) is 3.29. The van der Waals surface area contributed by atoms with Gasteiger partial charge in [0.2, 0.25) is 11.8 Å². The van der Waals surface area contributed by atoms with Crippen molar-refractivity contribution in [1.82, 2.24) is 9.97 Å². The maximum absolute atomic E-state index is 13.8.